The van der Waals surface area contributed by atoms with Crippen molar-refractivity contribution in [1.29, 1.82) is 0 Å². The van der Waals surface area contributed by atoms with Gasteiger partial charge in [-0.25, -0.2) is 0 Å². The van der Waals surface area contributed by atoms with Gasteiger partial charge in [0, 0.05) is 0 Å². The van der Waals surface area contributed by atoms with E-state index in [2.05, 4.69) is 44.2 Å². The maximum atomic E-state index is 13.1. The van der Waals surface area contributed by atoms with E-state index in [0.717, 1.165) is 18.4 Å². The Balaban J connectivity index is 1.83. The minimum Gasteiger partial charge on any atom is -0.426 e. The first-order valence-electron chi connectivity index (χ1n) is 9.35. The molecule has 0 saturated heterocycles. The summed E-state index contributed by atoms with van der Waals surface area (Å²) in [7, 11) is 0. The molecule has 3 rings (SSSR count). The van der Waals surface area contributed by atoms with E-state index >= 15 is 0 Å². The van der Waals surface area contributed by atoms with Gasteiger partial charge in [0.2, 0.25) is 0 Å². The number of benzene rings is 2. The van der Waals surface area contributed by atoms with Crippen molar-refractivity contribution in [2.75, 3.05) is 0 Å². The lowest BCUT2D eigenvalue weighted by atomic mass is 9.73. The Kier molecular flexibility index (Phi) is 5.72. The topological polar surface area (TPSA) is 26.3 Å². The number of carbonyl (C=O) groups is 1. The Bertz CT molecular complexity index is 789. The average Bonchev–Trinajstić information content (AvgIpc) is 2.70. The standard InChI is InChI=1S/C24H26O2/c1-3-19(2)18-24(23(25)26-22-12-8-5-9-13-22)16-14-21(15-17-24)20-10-6-4-7-11-20/h4-16,19H,3,17-18H2,1-2H3. The maximum Gasteiger partial charge on any atom is 0.321 e. The fraction of sp³-hybridized carbons (Fsp3) is 0.292. The van der Waals surface area contributed by atoms with Crippen LogP contribution in [0.25, 0.3) is 5.57 Å². The monoisotopic (exact) mass is 346 g/mol. The number of para-hydroxylation sites is 1. The van der Waals surface area contributed by atoms with E-state index in [-0.39, 0.29) is 5.97 Å². The molecule has 2 heteroatoms. The zero-order chi connectivity index (χ0) is 18.4. The van der Waals surface area contributed by atoms with Crippen LogP contribution in [0.4, 0.5) is 0 Å². The van der Waals surface area contributed by atoms with Gasteiger partial charge in [-0.2, -0.15) is 0 Å². The average molecular weight is 346 g/mol. The Morgan fingerprint density at radius 1 is 1.08 bits per heavy atom. The van der Waals surface area contributed by atoms with E-state index in [1.165, 1.54) is 5.56 Å². The number of ether oxygens (including phenoxy) is 1. The van der Waals surface area contributed by atoms with Gasteiger partial charge in [0.25, 0.3) is 0 Å². The number of carbonyl (C=O) groups excluding carboxylic acids is 1. The molecule has 2 unspecified atom stereocenters. The molecule has 0 heterocycles. The summed E-state index contributed by atoms with van der Waals surface area (Å²) in [5.74, 6) is 0.894. The summed E-state index contributed by atoms with van der Waals surface area (Å²) in [6.45, 7) is 4.36. The van der Waals surface area contributed by atoms with Gasteiger partial charge in [0.15, 0.2) is 0 Å². The molecule has 0 N–H and O–H groups in total. The van der Waals surface area contributed by atoms with Gasteiger partial charge in [0.05, 0.1) is 5.41 Å². The molecule has 26 heavy (non-hydrogen) atoms. The van der Waals surface area contributed by atoms with Crippen LogP contribution in [0.3, 0.4) is 0 Å². The minimum atomic E-state index is -0.594. The van der Waals surface area contributed by atoms with Gasteiger partial charge in [-0.15, -0.1) is 0 Å². The number of esters is 1. The molecule has 0 saturated carbocycles. The highest BCUT2D eigenvalue weighted by atomic mass is 16.5. The van der Waals surface area contributed by atoms with E-state index in [1.807, 2.05) is 48.5 Å². The molecule has 0 amide bonds. The smallest absolute Gasteiger partial charge is 0.321 e. The Hall–Kier alpha value is -2.61. The first kappa shape index (κ1) is 18.2. The highest BCUT2D eigenvalue weighted by Crippen LogP contribution is 2.40. The fourth-order valence-corrected chi connectivity index (χ4v) is 3.37. The predicted molar refractivity (Wildman–Crippen MR) is 107 cm³/mol. The van der Waals surface area contributed by atoms with E-state index in [4.69, 9.17) is 4.74 Å². The number of hydrogen-bond donors (Lipinski definition) is 0. The molecule has 0 aromatic heterocycles. The molecule has 0 radical (unpaired) electrons. The molecule has 2 aromatic carbocycles. The lowest BCUT2D eigenvalue weighted by Gasteiger charge is -2.32. The first-order valence-corrected chi connectivity index (χ1v) is 9.35. The van der Waals surface area contributed by atoms with E-state index in [0.29, 0.717) is 18.1 Å². The van der Waals surface area contributed by atoms with Crippen LogP contribution < -0.4 is 4.74 Å². The molecule has 1 aliphatic carbocycles. The normalized spacial score (nSPS) is 20.3. The van der Waals surface area contributed by atoms with E-state index < -0.39 is 5.41 Å². The van der Waals surface area contributed by atoms with Gasteiger partial charge in [-0.05, 0) is 42.0 Å². The van der Waals surface area contributed by atoms with Crippen molar-refractivity contribution in [3.63, 3.8) is 0 Å². The Labute approximate surface area is 156 Å². The lowest BCUT2D eigenvalue weighted by molar-refractivity contribution is -0.144. The van der Waals surface area contributed by atoms with E-state index in [1.54, 1.807) is 0 Å². The van der Waals surface area contributed by atoms with Crippen molar-refractivity contribution in [1.82, 2.24) is 0 Å². The third-order valence-corrected chi connectivity index (χ3v) is 5.15. The molecule has 0 fully saturated rings. The van der Waals surface area contributed by atoms with Gasteiger partial charge < -0.3 is 4.74 Å². The van der Waals surface area contributed by atoms with Crippen LogP contribution >= 0.6 is 0 Å². The summed E-state index contributed by atoms with van der Waals surface area (Å²) in [4.78, 5) is 13.1. The number of hydrogen-bond acceptors (Lipinski definition) is 2. The second-order valence-electron chi connectivity index (χ2n) is 7.14. The zero-order valence-electron chi connectivity index (χ0n) is 15.5. The van der Waals surface area contributed by atoms with Crippen molar-refractivity contribution < 1.29 is 9.53 Å². The second-order valence-corrected chi connectivity index (χ2v) is 7.14. The summed E-state index contributed by atoms with van der Waals surface area (Å²) in [5, 5.41) is 0. The molecular formula is C24H26O2. The van der Waals surface area contributed by atoms with Crippen LogP contribution in [-0.2, 0) is 4.79 Å². The Morgan fingerprint density at radius 2 is 1.73 bits per heavy atom. The van der Waals surface area contributed by atoms with Crippen LogP contribution in [0, 0.1) is 11.3 Å². The summed E-state index contributed by atoms with van der Waals surface area (Å²) in [6, 6.07) is 19.6. The molecule has 2 atom stereocenters. The van der Waals surface area contributed by atoms with Crippen molar-refractivity contribution >= 4 is 11.5 Å². The highest BCUT2D eigenvalue weighted by molar-refractivity contribution is 5.85. The molecule has 0 aliphatic heterocycles. The predicted octanol–water partition coefficient (Wildman–Crippen LogP) is 6.06. The summed E-state index contributed by atoms with van der Waals surface area (Å²) >= 11 is 0. The highest BCUT2D eigenvalue weighted by Gasteiger charge is 2.39. The third kappa shape index (κ3) is 4.13. The zero-order valence-corrected chi connectivity index (χ0v) is 15.5. The van der Waals surface area contributed by atoms with Crippen molar-refractivity contribution in [2.45, 2.75) is 33.1 Å². The molecule has 2 nitrogen and oxygen atoms in total. The fourth-order valence-electron chi connectivity index (χ4n) is 3.37. The number of allylic oxidation sites excluding steroid dienone is 3. The minimum absolute atomic E-state index is 0.163. The van der Waals surface area contributed by atoms with Crippen molar-refractivity contribution in [3.8, 4) is 5.75 Å². The van der Waals surface area contributed by atoms with Gasteiger partial charge in [-0.3, -0.25) is 4.79 Å². The van der Waals surface area contributed by atoms with Crippen LogP contribution in [0.5, 0.6) is 5.75 Å². The molecule has 134 valence electrons. The summed E-state index contributed by atoms with van der Waals surface area (Å²) in [6.07, 6.45) is 8.82. The van der Waals surface area contributed by atoms with Gasteiger partial charge in [0.1, 0.15) is 5.75 Å². The molecule has 0 spiro atoms. The van der Waals surface area contributed by atoms with Crippen LogP contribution in [0.2, 0.25) is 0 Å². The van der Waals surface area contributed by atoms with Crippen LogP contribution in [0.1, 0.15) is 38.7 Å². The molecule has 0 bridgehead atoms. The Morgan fingerprint density at radius 3 is 2.31 bits per heavy atom. The first-order chi connectivity index (χ1) is 12.6. The molecule has 2 aromatic rings. The summed E-state index contributed by atoms with van der Waals surface area (Å²) in [5.41, 5.74) is 1.75. The maximum absolute atomic E-state index is 13.1. The van der Waals surface area contributed by atoms with Crippen LogP contribution in [-0.4, -0.2) is 5.97 Å². The van der Waals surface area contributed by atoms with Gasteiger partial charge in [-0.1, -0.05) is 87.0 Å². The van der Waals surface area contributed by atoms with Gasteiger partial charge >= 0.3 is 5.97 Å². The van der Waals surface area contributed by atoms with E-state index in [9.17, 15) is 4.79 Å². The molecule has 1 aliphatic rings. The summed E-state index contributed by atoms with van der Waals surface area (Å²) < 4.78 is 5.72. The lowest BCUT2D eigenvalue weighted by Crippen LogP contribution is -2.35. The molecular weight excluding hydrogens is 320 g/mol. The second kappa shape index (κ2) is 8.18. The van der Waals surface area contributed by atoms with Crippen molar-refractivity contribution in [2.24, 2.45) is 11.3 Å². The largest absolute Gasteiger partial charge is 0.426 e. The quantitative estimate of drug-likeness (QED) is 0.469. The SMILES string of the molecule is CCC(C)CC1(C(=O)Oc2ccccc2)C=CC(c2ccccc2)=CC1. The van der Waals surface area contributed by atoms with Crippen LogP contribution in [0.15, 0.2) is 78.9 Å². The third-order valence-electron chi connectivity index (χ3n) is 5.15. The number of rotatable bonds is 6. The van der Waals surface area contributed by atoms with Crippen molar-refractivity contribution in [3.05, 3.63) is 84.5 Å².